The van der Waals surface area contributed by atoms with Gasteiger partial charge in [-0.2, -0.15) is 0 Å². The van der Waals surface area contributed by atoms with Gasteiger partial charge in [-0.05, 0) is 13.8 Å². The Morgan fingerprint density at radius 1 is 1.44 bits per heavy atom. The van der Waals surface area contributed by atoms with Crippen molar-refractivity contribution in [1.82, 2.24) is 20.4 Å². The molecule has 0 atom stereocenters. The number of rotatable bonds is 4. The van der Waals surface area contributed by atoms with E-state index in [1.165, 1.54) is 28.0 Å². The molecule has 2 rings (SSSR count). The molecule has 18 heavy (non-hydrogen) atoms. The Hall–Kier alpha value is -1.35. The Morgan fingerprint density at radius 2 is 2.17 bits per heavy atom. The summed E-state index contributed by atoms with van der Waals surface area (Å²) in [4.78, 5) is 24.7. The number of hydrogen-bond acceptors (Lipinski definition) is 7. The zero-order valence-electron chi connectivity index (χ0n) is 9.97. The number of amides is 3. The minimum absolute atomic E-state index is 0.204. The van der Waals surface area contributed by atoms with Crippen LogP contribution in [0.3, 0.4) is 0 Å². The summed E-state index contributed by atoms with van der Waals surface area (Å²) in [6.07, 6.45) is 0. The molecule has 9 heteroatoms. The van der Waals surface area contributed by atoms with Crippen LogP contribution in [0.5, 0.6) is 0 Å². The number of nitrogens with two attached hydrogens (primary N) is 1. The SMILES string of the molecule is CC1(C)NC(=O)N(CCSc2nnc(N)s2)C1=O. The molecule has 2 heterocycles. The van der Waals surface area contributed by atoms with E-state index < -0.39 is 5.54 Å². The Bertz CT molecular complexity index is 487. The number of urea groups is 1. The van der Waals surface area contributed by atoms with E-state index in [1.54, 1.807) is 13.8 Å². The number of thioether (sulfide) groups is 1. The molecule has 0 saturated carbocycles. The van der Waals surface area contributed by atoms with E-state index in [-0.39, 0.29) is 11.9 Å². The van der Waals surface area contributed by atoms with Gasteiger partial charge in [-0.25, -0.2) is 4.79 Å². The number of nitrogens with zero attached hydrogens (tertiary/aromatic N) is 3. The highest BCUT2D eigenvalue weighted by Crippen LogP contribution is 2.24. The summed E-state index contributed by atoms with van der Waals surface area (Å²) in [6.45, 7) is 3.72. The van der Waals surface area contributed by atoms with Crippen LogP contribution < -0.4 is 11.1 Å². The zero-order valence-corrected chi connectivity index (χ0v) is 11.6. The first-order valence-corrected chi connectivity index (χ1v) is 7.06. The Balaban J connectivity index is 1.87. The van der Waals surface area contributed by atoms with E-state index >= 15 is 0 Å². The number of aromatic nitrogens is 2. The molecule has 0 unspecified atom stereocenters. The van der Waals surface area contributed by atoms with Crippen molar-refractivity contribution >= 4 is 40.2 Å². The second-order valence-electron chi connectivity index (χ2n) is 4.27. The summed E-state index contributed by atoms with van der Waals surface area (Å²) in [6, 6.07) is -0.345. The fraction of sp³-hybridized carbons (Fsp3) is 0.556. The van der Waals surface area contributed by atoms with E-state index in [0.717, 1.165) is 4.34 Å². The Labute approximate surface area is 112 Å². The van der Waals surface area contributed by atoms with Gasteiger partial charge in [0.05, 0.1) is 0 Å². The standard InChI is InChI=1S/C9H13N5O2S2/c1-9(2)5(15)14(7(16)11-9)3-4-17-8-13-12-6(10)18-8/h3-4H2,1-2H3,(H2,10,12)(H,11,16). The fourth-order valence-electron chi connectivity index (χ4n) is 1.52. The second-order valence-corrected chi connectivity index (χ2v) is 6.62. The lowest BCUT2D eigenvalue weighted by Gasteiger charge is -2.15. The van der Waals surface area contributed by atoms with Gasteiger partial charge in [0.2, 0.25) is 5.13 Å². The first-order valence-electron chi connectivity index (χ1n) is 5.26. The minimum atomic E-state index is -0.811. The molecule has 1 aromatic rings. The van der Waals surface area contributed by atoms with Gasteiger partial charge in [0.1, 0.15) is 5.54 Å². The lowest BCUT2D eigenvalue weighted by Crippen LogP contribution is -2.40. The molecule has 7 nitrogen and oxygen atoms in total. The molecule has 0 aromatic carbocycles. The molecule has 1 saturated heterocycles. The maximum absolute atomic E-state index is 11.9. The molecule has 0 bridgehead atoms. The Morgan fingerprint density at radius 3 is 2.67 bits per heavy atom. The number of anilines is 1. The number of carbonyl (C=O) groups excluding carboxylic acids is 2. The van der Waals surface area contributed by atoms with Gasteiger partial charge in [0.15, 0.2) is 4.34 Å². The lowest BCUT2D eigenvalue weighted by atomic mass is 10.1. The number of hydrogen-bond donors (Lipinski definition) is 2. The largest absolute Gasteiger partial charge is 0.374 e. The maximum Gasteiger partial charge on any atom is 0.325 e. The predicted molar refractivity (Wildman–Crippen MR) is 69.4 cm³/mol. The molecule has 0 radical (unpaired) electrons. The van der Waals surface area contributed by atoms with Crippen molar-refractivity contribution in [1.29, 1.82) is 0 Å². The van der Waals surface area contributed by atoms with Crippen LogP contribution in [0.1, 0.15) is 13.8 Å². The predicted octanol–water partition coefficient (Wildman–Crippen LogP) is 0.543. The topological polar surface area (TPSA) is 101 Å². The van der Waals surface area contributed by atoms with Crippen LogP contribution in [0.25, 0.3) is 0 Å². The molecule has 3 amide bonds. The molecule has 3 N–H and O–H groups in total. The van der Waals surface area contributed by atoms with Crippen LogP contribution in [0, 0.1) is 0 Å². The summed E-state index contributed by atoms with van der Waals surface area (Å²) >= 11 is 2.71. The average molecular weight is 287 g/mol. The van der Waals surface area contributed by atoms with Gasteiger partial charge >= 0.3 is 6.03 Å². The van der Waals surface area contributed by atoms with Crippen molar-refractivity contribution in [2.24, 2.45) is 0 Å². The molecular weight excluding hydrogens is 274 g/mol. The third kappa shape index (κ3) is 2.56. The van der Waals surface area contributed by atoms with Gasteiger partial charge in [-0.1, -0.05) is 23.1 Å². The second kappa shape index (κ2) is 4.73. The lowest BCUT2D eigenvalue weighted by molar-refractivity contribution is -0.130. The normalized spacial score (nSPS) is 18.2. The quantitative estimate of drug-likeness (QED) is 0.619. The Kier molecular flexibility index (Phi) is 3.44. The fourth-order valence-corrected chi connectivity index (χ4v) is 3.16. The summed E-state index contributed by atoms with van der Waals surface area (Å²) in [7, 11) is 0. The van der Waals surface area contributed by atoms with Crippen LogP contribution in [-0.2, 0) is 4.79 Å². The van der Waals surface area contributed by atoms with Crippen LogP contribution in [0.15, 0.2) is 4.34 Å². The van der Waals surface area contributed by atoms with Gasteiger partial charge in [-0.15, -0.1) is 10.2 Å². The average Bonchev–Trinajstić information content (AvgIpc) is 2.75. The highest BCUT2D eigenvalue weighted by atomic mass is 32.2. The zero-order chi connectivity index (χ0) is 13.3. The van der Waals surface area contributed by atoms with Crippen LogP contribution in [0.2, 0.25) is 0 Å². The smallest absolute Gasteiger partial charge is 0.325 e. The molecule has 0 aliphatic carbocycles. The molecule has 0 spiro atoms. The minimum Gasteiger partial charge on any atom is -0.374 e. The number of nitrogen functional groups attached to an aromatic ring is 1. The van der Waals surface area contributed by atoms with Crippen molar-refractivity contribution in [2.45, 2.75) is 23.7 Å². The van der Waals surface area contributed by atoms with Gasteiger partial charge in [0.25, 0.3) is 5.91 Å². The molecule has 1 aromatic heterocycles. The van der Waals surface area contributed by atoms with Crippen LogP contribution in [-0.4, -0.2) is 44.9 Å². The van der Waals surface area contributed by atoms with E-state index in [9.17, 15) is 9.59 Å². The summed E-state index contributed by atoms with van der Waals surface area (Å²) in [5, 5.41) is 10.6. The highest BCUT2D eigenvalue weighted by molar-refractivity contribution is 8.01. The summed E-state index contributed by atoms with van der Waals surface area (Å²) in [5.41, 5.74) is 4.64. The van der Waals surface area contributed by atoms with Crippen molar-refractivity contribution in [2.75, 3.05) is 18.0 Å². The van der Waals surface area contributed by atoms with Gasteiger partial charge in [0, 0.05) is 12.3 Å². The number of imide groups is 1. The summed E-state index contributed by atoms with van der Waals surface area (Å²) in [5.74, 6) is 0.369. The number of carbonyl (C=O) groups is 2. The van der Waals surface area contributed by atoms with E-state index in [4.69, 9.17) is 5.73 Å². The van der Waals surface area contributed by atoms with E-state index in [2.05, 4.69) is 15.5 Å². The monoisotopic (exact) mass is 287 g/mol. The first kappa shape index (κ1) is 13.1. The van der Waals surface area contributed by atoms with Gasteiger partial charge < -0.3 is 11.1 Å². The van der Waals surface area contributed by atoms with Crippen molar-refractivity contribution < 1.29 is 9.59 Å². The maximum atomic E-state index is 11.9. The molecule has 1 fully saturated rings. The molecule has 1 aliphatic heterocycles. The third-order valence-electron chi connectivity index (χ3n) is 2.41. The summed E-state index contributed by atoms with van der Waals surface area (Å²) < 4.78 is 0.735. The van der Waals surface area contributed by atoms with E-state index in [0.29, 0.717) is 17.4 Å². The number of nitrogens with one attached hydrogen (secondary N) is 1. The van der Waals surface area contributed by atoms with Crippen LogP contribution in [0.4, 0.5) is 9.93 Å². The third-order valence-corrected chi connectivity index (χ3v) is 4.27. The van der Waals surface area contributed by atoms with E-state index in [1.807, 2.05) is 0 Å². The van der Waals surface area contributed by atoms with Crippen molar-refractivity contribution in [3.05, 3.63) is 0 Å². The van der Waals surface area contributed by atoms with Crippen molar-refractivity contribution in [3.8, 4) is 0 Å². The van der Waals surface area contributed by atoms with Crippen LogP contribution >= 0.6 is 23.1 Å². The molecular formula is C9H13N5O2S2. The van der Waals surface area contributed by atoms with Crippen molar-refractivity contribution in [3.63, 3.8) is 0 Å². The van der Waals surface area contributed by atoms with Gasteiger partial charge in [-0.3, -0.25) is 9.69 Å². The molecule has 98 valence electrons. The highest BCUT2D eigenvalue weighted by Gasteiger charge is 2.43. The molecule has 1 aliphatic rings. The first-order chi connectivity index (χ1) is 8.40.